The van der Waals surface area contributed by atoms with E-state index < -0.39 is 0 Å². The van der Waals surface area contributed by atoms with Gasteiger partial charge in [-0.1, -0.05) is 18.2 Å². The van der Waals surface area contributed by atoms with Gasteiger partial charge in [0.05, 0.1) is 0 Å². The van der Waals surface area contributed by atoms with E-state index in [1.165, 1.54) is 25.9 Å². The lowest BCUT2D eigenvalue weighted by molar-refractivity contribution is 0.857. The summed E-state index contributed by atoms with van der Waals surface area (Å²) < 4.78 is 0. The van der Waals surface area contributed by atoms with E-state index in [9.17, 15) is 0 Å². The predicted molar refractivity (Wildman–Crippen MR) is 53.0 cm³/mol. The Morgan fingerprint density at radius 3 is 1.83 bits per heavy atom. The maximum Gasteiger partial charge on any atom is 0.0313 e. The summed E-state index contributed by atoms with van der Waals surface area (Å²) in [6.45, 7) is 2.50. The molecule has 1 aliphatic rings. The fourth-order valence-electron chi connectivity index (χ4n) is 1.08. The Kier molecular flexibility index (Phi) is 4.24. The standard InChI is InChI=1S/C6H7N.C4H9N/c7-6-4-2-1-3-5-6;1-2-4-5-3-1/h1-5H,7H2;5H,1-4H2. The monoisotopic (exact) mass is 164 g/mol. The lowest BCUT2D eigenvalue weighted by Gasteiger charge is -1.83. The Hall–Kier alpha value is -1.02. The Balaban J connectivity index is 0.000000127. The molecule has 3 N–H and O–H groups in total. The first-order valence-corrected chi connectivity index (χ1v) is 4.41. The first-order chi connectivity index (χ1) is 5.89. The summed E-state index contributed by atoms with van der Waals surface area (Å²) in [5.74, 6) is 0. The highest BCUT2D eigenvalue weighted by molar-refractivity contribution is 5.35. The van der Waals surface area contributed by atoms with Gasteiger partial charge in [-0.25, -0.2) is 0 Å². The zero-order valence-corrected chi connectivity index (χ0v) is 7.29. The molecule has 0 radical (unpaired) electrons. The van der Waals surface area contributed by atoms with Crippen molar-refractivity contribution in [1.29, 1.82) is 0 Å². The second kappa shape index (κ2) is 5.61. The molecule has 0 amide bonds. The Bertz CT molecular complexity index is 185. The van der Waals surface area contributed by atoms with Gasteiger partial charge in [-0.05, 0) is 38.1 Å². The molecule has 0 atom stereocenters. The molecule has 0 bridgehead atoms. The SMILES string of the molecule is C1CCNC1.Nc1ccccc1. The van der Waals surface area contributed by atoms with Gasteiger partial charge in [-0.3, -0.25) is 0 Å². The number of hydrogen-bond donors (Lipinski definition) is 2. The van der Waals surface area contributed by atoms with Crippen LogP contribution in [-0.4, -0.2) is 13.1 Å². The summed E-state index contributed by atoms with van der Waals surface area (Å²) in [6, 6.07) is 9.49. The van der Waals surface area contributed by atoms with Crippen LogP contribution in [0, 0.1) is 0 Å². The molecule has 1 aromatic rings. The molecule has 2 heteroatoms. The number of nitrogens with two attached hydrogens (primary N) is 1. The average Bonchev–Trinajstić information content (AvgIpc) is 2.62. The molecule has 1 heterocycles. The third kappa shape index (κ3) is 3.98. The molecular formula is C10H16N2. The quantitative estimate of drug-likeness (QED) is 0.572. The van der Waals surface area contributed by atoms with E-state index in [4.69, 9.17) is 5.73 Å². The normalized spacial score (nSPS) is 15.0. The van der Waals surface area contributed by atoms with Crippen LogP contribution in [0.15, 0.2) is 30.3 Å². The topological polar surface area (TPSA) is 38.0 Å². The van der Waals surface area contributed by atoms with Gasteiger partial charge < -0.3 is 11.1 Å². The minimum Gasteiger partial charge on any atom is -0.399 e. The highest BCUT2D eigenvalue weighted by Crippen LogP contribution is 1.95. The van der Waals surface area contributed by atoms with E-state index >= 15 is 0 Å². The van der Waals surface area contributed by atoms with Crippen molar-refractivity contribution in [3.05, 3.63) is 30.3 Å². The van der Waals surface area contributed by atoms with Gasteiger partial charge in [0.15, 0.2) is 0 Å². The number of nitrogens with one attached hydrogen (secondary N) is 1. The number of para-hydroxylation sites is 1. The number of anilines is 1. The molecule has 66 valence electrons. The van der Waals surface area contributed by atoms with Crippen LogP contribution < -0.4 is 11.1 Å². The van der Waals surface area contributed by atoms with Crippen molar-refractivity contribution in [2.75, 3.05) is 18.8 Å². The van der Waals surface area contributed by atoms with E-state index in [2.05, 4.69) is 5.32 Å². The van der Waals surface area contributed by atoms with Crippen LogP contribution in [-0.2, 0) is 0 Å². The van der Waals surface area contributed by atoms with Gasteiger partial charge in [-0.2, -0.15) is 0 Å². The minimum atomic E-state index is 0.822. The number of rotatable bonds is 0. The van der Waals surface area contributed by atoms with Crippen molar-refractivity contribution in [3.8, 4) is 0 Å². The second-order valence-corrected chi connectivity index (χ2v) is 2.87. The van der Waals surface area contributed by atoms with E-state index in [1.54, 1.807) is 0 Å². The molecule has 0 aromatic heterocycles. The van der Waals surface area contributed by atoms with E-state index in [0.717, 1.165) is 5.69 Å². The smallest absolute Gasteiger partial charge is 0.0313 e. The molecule has 12 heavy (non-hydrogen) atoms. The molecule has 0 unspecified atom stereocenters. The van der Waals surface area contributed by atoms with Crippen LogP contribution >= 0.6 is 0 Å². The van der Waals surface area contributed by atoms with Crippen molar-refractivity contribution < 1.29 is 0 Å². The van der Waals surface area contributed by atoms with Crippen molar-refractivity contribution >= 4 is 5.69 Å². The fraction of sp³-hybridized carbons (Fsp3) is 0.400. The van der Waals surface area contributed by atoms with E-state index in [-0.39, 0.29) is 0 Å². The average molecular weight is 164 g/mol. The first kappa shape index (κ1) is 9.07. The van der Waals surface area contributed by atoms with Crippen molar-refractivity contribution in [2.45, 2.75) is 12.8 Å². The molecule has 1 fully saturated rings. The van der Waals surface area contributed by atoms with Gasteiger partial charge >= 0.3 is 0 Å². The maximum atomic E-state index is 5.36. The highest BCUT2D eigenvalue weighted by Gasteiger charge is 1.93. The van der Waals surface area contributed by atoms with Gasteiger partial charge in [-0.15, -0.1) is 0 Å². The lowest BCUT2D eigenvalue weighted by atomic mass is 10.3. The minimum absolute atomic E-state index is 0.822. The summed E-state index contributed by atoms with van der Waals surface area (Å²) >= 11 is 0. The Morgan fingerprint density at radius 2 is 1.58 bits per heavy atom. The molecule has 0 aliphatic carbocycles. The van der Waals surface area contributed by atoms with Gasteiger partial charge in [0, 0.05) is 5.69 Å². The van der Waals surface area contributed by atoms with Crippen LogP contribution in [0.1, 0.15) is 12.8 Å². The Labute approximate surface area is 73.8 Å². The zero-order chi connectivity index (χ0) is 8.65. The summed E-state index contributed by atoms with van der Waals surface area (Å²) in [5, 5.41) is 3.22. The van der Waals surface area contributed by atoms with Crippen LogP contribution in [0.25, 0.3) is 0 Å². The molecular weight excluding hydrogens is 148 g/mol. The van der Waals surface area contributed by atoms with Crippen LogP contribution in [0.5, 0.6) is 0 Å². The fourth-order valence-corrected chi connectivity index (χ4v) is 1.08. The molecule has 0 saturated carbocycles. The number of hydrogen-bond acceptors (Lipinski definition) is 2. The largest absolute Gasteiger partial charge is 0.399 e. The van der Waals surface area contributed by atoms with Crippen LogP contribution in [0.4, 0.5) is 5.69 Å². The van der Waals surface area contributed by atoms with Gasteiger partial charge in [0.25, 0.3) is 0 Å². The molecule has 2 rings (SSSR count). The van der Waals surface area contributed by atoms with Crippen LogP contribution in [0.3, 0.4) is 0 Å². The van der Waals surface area contributed by atoms with Crippen molar-refractivity contribution in [2.24, 2.45) is 0 Å². The van der Waals surface area contributed by atoms with Gasteiger partial charge in [0.2, 0.25) is 0 Å². The molecule has 0 spiro atoms. The summed E-state index contributed by atoms with van der Waals surface area (Å²) in [5.41, 5.74) is 6.18. The highest BCUT2D eigenvalue weighted by atomic mass is 14.9. The molecule has 1 aromatic carbocycles. The molecule has 1 saturated heterocycles. The lowest BCUT2D eigenvalue weighted by Crippen LogP contribution is -2.03. The zero-order valence-electron chi connectivity index (χ0n) is 7.29. The third-order valence-corrected chi connectivity index (χ3v) is 1.76. The first-order valence-electron chi connectivity index (χ1n) is 4.41. The molecule has 1 aliphatic heterocycles. The van der Waals surface area contributed by atoms with Crippen molar-refractivity contribution in [3.63, 3.8) is 0 Å². The third-order valence-electron chi connectivity index (χ3n) is 1.76. The van der Waals surface area contributed by atoms with E-state index in [0.29, 0.717) is 0 Å². The second-order valence-electron chi connectivity index (χ2n) is 2.87. The summed E-state index contributed by atoms with van der Waals surface area (Å²) in [6.07, 6.45) is 2.78. The Morgan fingerprint density at radius 1 is 1.00 bits per heavy atom. The van der Waals surface area contributed by atoms with Crippen molar-refractivity contribution in [1.82, 2.24) is 5.32 Å². The van der Waals surface area contributed by atoms with E-state index in [1.807, 2.05) is 30.3 Å². The summed E-state index contributed by atoms with van der Waals surface area (Å²) in [7, 11) is 0. The summed E-state index contributed by atoms with van der Waals surface area (Å²) in [4.78, 5) is 0. The number of benzene rings is 1. The molecule has 2 nitrogen and oxygen atoms in total. The predicted octanol–water partition coefficient (Wildman–Crippen LogP) is 1.64. The number of nitrogen functional groups attached to an aromatic ring is 1. The van der Waals surface area contributed by atoms with Crippen LogP contribution in [0.2, 0.25) is 0 Å². The maximum absolute atomic E-state index is 5.36. The van der Waals surface area contributed by atoms with Gasteiger partial charge in [0.1, 0.15) is 0 Å².